The van der Waals surface area contributed by atoms with Crippen LogP contribution in [-0.2, 0) is 22.5 Å². The highest BCUT2D eigenvalue weighted by molar-refractivity contribution is 5.99. The predicted molar refractivity (Wildman–Crippen MR) is 89.1 cm³/mol. The van der Waals surface area contributed by atoms with E-state index in [2.05, 4.69) is 15.7 Å². The molecule has 1 aromatic heterocycles. The molecule has 8 nitrogen and oxygen atoms in total. The van der Waals surface area contributed by atoms with Crippen molar-refractivity contribution in [2.24, 2.45) is 0 Å². The van der Waals surface area contributed by atoms with E-state index < -0.39 is 12.0 Å². The summed E-state index contributed by atoms with van der Waals surface area (Å²) in [6.07, 6.45) is 3.73. The average molecular weight is 332 g/mol. The summed E-state index contributed by atoms with van der Waals surface area (Å²) in [5.74, 6) is -0.850. The Balaban J connectivity index is 1.88. The number of nitrogens with zero attached hydrogens (tertiary/aromatic N) is 2. The molecule has 1 aromatic carbocycles. The van der Waals surface area contributed by atoms with Gasteiger partial charge in [0, 0.05) is 25.4 Å². The molecule has 0 saturated carbocycles. The minimum atomic E-state index is -0.850. The molecule has 0 aliphatic rings. The van der Waals surface area contributed by atoms with Crippen molar-refractivity contribution in [3.05, 3.63) is 42.2 Å². The number of aliphatic carboxylic acids is 1. The second kappa shape index (κ2) is 8.68. The number of aryl methyl sites for hydroxylation is 1. The number of hydrogen-bond acceptors (Lipinski definition) is 4. The van der Waals surface area contributed by atoms with Gasteiger partial charge in [0.2, 0.25) is 0 Å². The molecule has 0 saturated heterocycles. The standard InChI is InChI=1S/C16H20N4O4/c1-24-8-7-20-11-14(10-17-20)19-16(23)18-13-4-2-3-12(9-13)5-6-15(21)22/h2-4,9-11H,5-8H2,1H3,(H,21,22)(H2,18,19,23). The van der Waals surface area contributed by atoms with Crippen molar-refractivity contribution in [2.75, 3.05) is 24.4 Å². The van der Waals surface area contributed by atoms with Crippen LogP contribution < -0.4 is 10.6 Å². The van der Waals surface area contributed by atoms with Gasteiger partial charge in [-0.3, -0.25) is 9.48 Å². The lowest BCUT2D eigenvalue weighted by molar-refractivity contribution is -0.136. The van der Waals surface area contributed by atoms with Gasteiger partial charge in [0.15, 0.2) is 0 Å². The van der Waals surface area contributed by atoms with Crippen molar-refractivity contribution in [1.29, 1.82) is 0 Å². The summed E-state index contributed by atoms with van der Waals surface area (Å²) in [4.78, 5) is 22.6. The molecule has 128 valence electrons. The van der Waals surface area contributed by atoms with Gasteiger partial charge in [-0.1, -0.05) is 12.1 Å². The molecule has 0 atom stereocenters. The zero-order valence-corrected chi connectivity index (χ0v) is 13.4. The molecule has 0 bridgehead atoms. The van der Waals surface area contributed by atoms with Crippen LogP contribution in [0.3, 0.4) is 0 Å². The summed E-state index contributed by atoms with van der Waals surface area (Å²) in [6, 6.07) is 6.70. The summed E-state index contributed by atoms with van der Waals surface area (Å²) >= 11 is 0. The Bertz CT molecular complexity index is 699. The summed E-state index contributed by atoms with van der Waals surface area (Å²) in [6.45, 7) is 1.14. The second-order valence-electron chi connectivity index (χ2n) is 5.16. The summed E-state index contributed by atoms with van der Waals surface area (Å²) in [7, 11) is 1.61. The normalized spacial score (nSPS) is 10.4. The molecular formula is C16H20N4O4. The number of aromatic nitrogens is 2. The molecule has 1 heterocycles. The van der Waals surface area contributed by atoms with Gasteiger partial charge in [-0.05, 0) is 24.1 Å². The lowest BCUT2D eigenvalue weighted by Crippen LogP contribution is -2.19. The number of carbonyl (C=O) groups excluding carboxylic acids is 1. The Morgan fingerprint density at radius 3 is 2.83 bits per heavy atom. The van der Waals surface area contributed by atoms with Crippen molar-refractivity contribution in [3.63, 3.8) is 0 Å². The fourth-order valence-electron chi connectivity index (χ4n) is 2.08. The molecule has 2 aromatic rings. The van der Waals surface area contributed by atoms with E-state index in [1.165, 1.54) is 0 Å². The molecule has 0 radical (unpaired) electrons. The number of carbonyl (C=O) groups is 2. The quantitative estimate of drug-likeness (QED) is 0.687. The molecule has 0 spiro atoms. The number of urea groups is 1. The third kappa shape index (κ3) is 5.73. The Labute approximate surface area is 139 Å². The van der Waals surface area contributed by atoms with Crippen LogP contribution in [0, 0.1) is 0 Å². The molecule has 0 fully saturated rings. The van der Waals surface area contributed by atoms with Gasteiger partial charge in [-0.15, -0.1) is 0 Å². The van der Waals surface area contributed by atoms with E-state index in [1.54, 1.807) is 42.4 Å². The zero-order valence-electron chi connectivity index (χ0n) is 13.4. The highest BCUT2D eigenvalue weighted by Gasteiger charge is 2.06. The van der Waals surface area contributed by atoms with Crippen LogP contribution in [0.4, 0.5) is 16.2 Å². The lowest BCUT2D eigenvalue weighted by atomic mass is 10.1. The number of ether oxygens (including phenoxy) is 1. The number of carboxylic acid groups (broad SMARTS) is 1. The summed E-state index contributed by atoms with van der Waals surface area (Å²) in [5, 5.41) is 18.2. The van der Waals surface area contributed by atoms with E-state index in [4.69, 9.17) is 9.84 Å². The Morgan fingerprint density at radius 2 is 2.08 bits per heavy atom. The topological polar surface area (TPSA) is 105 Å². The highest BCUT2D eigenvalue weighted by Crippen LogP contribution is 2.13. The summed E-state index contributed by atoms with van der Waals surface area (Å²) < 4.78 is 6.64. The van der Waals surface area contributed by atoms with Gasteiger partial charge >= 0.3 is 12.0 Å². The van der Waals surface area contributed by atoms with Crippen LogP contribution in [0.5, 0.6) is 0 Å². The molecule has 0 unspecified atom stereocenters. The van der Waals surface area contributed by atoms with Crippen molar-refractivity contribution >= 4 is 23.4 Å². The first-order valence-corrected chi connectivity index (χ1v) is 7.47. The van der Waals surface area contributed by atoms with E-state index in [9.17, 15) is 9.59 Å². The van der Waals surface area contributed by atoms with Crippen LogP contribution in [0.1, 0.15) is 12.0 Å². The summed E-state index contributed by atoms with van der Waals surface area (Å²) in [5.41, 5.74) is 2.02. The Hall–Kier alpha value is -2.87. The van der Waals surface area contributed by atoms with E-state index in [0.717, 1.165) is 5.56 Å². The van der Waals surface area contributed by atoms with E-state index in [0.29, 0.717) is 30.9 Å². The number of nitrogens with one attached hydrogen (secondary N) is 2. The monoisotopic (exact) mass is 332 g/mol. The molecule has 8 heteroatoms. The first-order chi connectivity index (χ1) is 11.6. The SMILES string of the molecule is COCCn1cc(NC(=O)Nc2cccc(CCC(=O)O)c2)cn1. The number of methoxy groups -OCH3 is 1. The number of hydrogen-bond donors (Lipinski definition) is 3. The Morgan fingerprint density at radius 1 is 1.29 bits per heavy atom. The van der Waals surface area contributed by atoms with Crippen molar-refractivity contribution in [2.45, 2.75) is 19.4 Å². The number of rotatable bonds is 8. The van der Waals surface area contributed by atoms with Crippen LogP contribution in [0.2, 0.25) is 0 Å². The van der Waals surface area contributed by atoms with Crippen molar-refractivity contribution < 1.29 is 19.4 Å². The maximum Gasteiger partial charge on any atom is 0.323 e. The molecule has 0 aliphatic heterocycles. The first-order valence-electron chi connectivity index (χ1n) is 7.47. The molecular weight excluding hydrogens is 312 g/mol. The van der Waals surface area contributed by atoms with Gasteiger partial charge in [-0.25, -0.2) is 4.79 Å². The smallest absolute Gasteiger partial charge is 0.323 e. The molecule has 24 heavy (non-hydrogen) atoms. The zero-order chi connectivity index (χ0) is 17.4. The number of amides is 2. The van der Waals surface area contributed by atoms with Gasteiger partial charge in [-0.2, -0.15) is 5.10 Å². The van der Waals surface area contributed by atoms with Crippen LogP contribution >= 0.6 is 0 Å². The minimum Gasteiger partial charge on any atom is -0.481 e. The average Bonchev–Trinajstić information content (AvgIpc) is 2.98. The first kappa shape index (κ1) is 17.5. The molecule has 2 rings (SSSR count). The maximum atomic E-state index is 12.0. The fraction of sp³-hybridized carbons (Fsp3) is 0.312. The van der Waals surface area contributed by atoms with E-state index in [1.807, 2.05) is 6.07 Å². The van der Waals surface area contributed by atoms with Crippen molar-refractivity contribution in [1.82, 2.24) is 9.78 Å². The van der Waals surface area contributed by atoms with Crippen LogP contribution in [0.25, 0.3) is 0 Å². The Kier molecular flexibility index (Phi) is 6.32. The predicted octanol–water partition coefficient (Wildman–Crippen LogP) is 2.19. The van der Waals surface area contributed by atoms with E-state index >= 15 is 0 Å². The highest BCUT2D eigenvalue weighted by atomic mass is 16.5. The second-order valence-corrected chi connectivity index (χ2v) is 5.16. The van der Waals surface area contributed by atoms with Crippen molar-refractivity contribution in [3.8, 4) is 0 Å². The molecule has 3 N–H and O–H groups in total. The van der Waals surface area contributed by atoms with Crippen LogP contribution in [0.15, 0.2) is 36.7 Å². The van der Waals surface area contributed by atoms with Crippen LogP contribution in [-0.4, -0.2) is 40.6 Å². The fourth-order valence-corrected chi connectivity index (χ4v) is 2.08. The number of benzene rings is 1. The largest absolute Gasteiger partial charge is 0.481 e. The molecule has 2 amide bonds. The molecule has 0 aliphatic carbocycles. The van der Waals surface area contributed by atoms with Gasteiger partial charge < -0.3 is 20.5 Å². The number of anilines is 2. The third-order valence-corrected chi connectivity index (χ3v) is 3.23. The van der Waals surface area contributed by atoms with Gasteiger partial charge in [0.1, 0.15) is 0 Å². The lowest BCUT2D eigenvalue weighted by Gasteiger charge is -2.07. The number of carboxylic acids is 1. The van der Waals surface area contributed by atoms with Gasteiger partial charge in [0.25, 0.3) is 0 Å². The van der Waals surface area contributed by atoms with Gasteiger partial charge in [0.05, 0.1) is 25.0 Å². The van der Waals surface area contributed by atoms with E-state index in [-0.39, 0.29) is 6.42 Å². The maximum absolute atomic E-state index is 12.0. The minimum absolute atomic E-state index is 0.0519. The third-order valence-electron chi connectivity index (χ3n) is 3.23.